The maximum atomic E-state index is 5.40. The van der Waals surface area contributed by atoms with Gasteiger partial charge in [0.1, 0.15) is 0 Å². The Balaban J connectivity index is 2.47. The molecule has 0 aromatic heterocycles. The fraction of sp³-hybridized carbons (Fsp3) is 0.250. The quantitative estimate of drug-likeness (QED) is 0.723. The standard InChI is InChI=1S/C8H8O2S5/c1-9-5-3-4-6-8(7(5)10-2)12-14-15-13-11-6/h3-4H,1-2H3. The summed E-state index contributed by atoms with van der Waals surface area (Å²) >= 11 is 0. The first kappa shape index (κ1) is 12.0. The van der Waals surface area contributed by atoms with Gasteiger partial charge in [0.15, 0.2) is 11.5 Å². The van der Waals surface area contributed by atoms with Gasteiger partial charge in [-0.05, 0) is 63.2 Å². The number of fused-ring (bicyclic) bond motifs is 1. The Morgan fingerprint density at radius 3 is 2.47 bits per heavy atom. The number of rotatable bonds is 2. The summed E-state index contributed by atoms with van der Waals surface area (Å²) in [6.45, 7) is 0. The lowest BCUT2D eigenvalue weighted by molar-refractivity contribution is 0.346. The molecule has 0 atom stereocenters. The first-order chi connectivity index (χ1) is 7.36. The van der Waals surface area contributed by atoms with Crippen molar-refractivity contribution in [2.24, 2.45) is 0 Å². The highest BCUT2D eigenvalue weighted by Gasteiger charge is 2.19. The van der Waals surface area contributed by atoms with E-state index in [9.17, 15) is 0 Å². The molecule has 0 saturated carbocycles. The molecule has 1 aromatic rings. The molecule has 0 N–H and O–H groups in total. The summed E-state index contributed by atoms with van der Waals surface area (Å²) in [5, 5.41) is 0. The minimum atomic E-state index is 0.793. The Bertz CT molecular complexity index is 357. The van der Waals surface area contributed by atoms with Crippen LogP contribution < -0.4 is 9.47 Å². The Hall–Kier alpha value is 0.570. The van der Waals surface area contributed by atoms with Gasteiger partial charge >= 0.3 is 0 Å². The lowest BCUT2D eigenvalue weighted by atomic mass is 10.3. The van der Waals surface area contributed by atoms with Crippen molar-refractivity contribution in [3.63, 3.8) is 0 Å². The third-order valence-electron chi connectivity index (χ3n) is 1.76. The van der Waals surface area contributed by atoms with E-state index >= 15 is 0 Å². The van der Waals surface area contributed by atoms with Crippen molar-refractivity contribution in [1.82, 2.24) is 0 Å². The molecular weight excluding hydrogens is 288 g/mol. The van der Waals surface area contributed by atoms with Crippen LogP contribution in [-0.2, 0) is 0 Å². The van der Waals surface area contributed by atoms with E-state index < -0.39 is 0 Å². The van der Waals surface area contributed by atoms with E-state index in [0.717, 1.165) is 16.4 Å². The van der Waals surface area contributed by atoms with Gasteiger partial charge in [-0.3, -0.25) is 0 Å². The van der Waals surface area contributed by atoms with Crippen molar-refractivity contribution in [2.75, 3.05) is 14.2 Å². The number of hydrogen-bond acceptors (Lipinski definition) is 7. The molecule has 0 unspecified atom stereocenters. The zero-order chi connectivity index (χ0) is 10.7. The SMILES string of the molecule is COc1ccc2c(c1OC)SSSSS2. The predicted octanol–water partition coefficient (Wildman–Crippen LogP) is 4.76. The molecule has 0 saturated heterocycles. The van der Waals surface area contributed by atoms with Gasteiger partial charge in [0.25, 0.3) is 0 Å². The zero-order valence-electron chi connectivity index (χ0n) is 8.01. The highest BCUT2D eigenvalue weighted by molar-refractivity contribution is 9.36. The van der Waals surface area contributed by atoms with E-state index in [4.69, 9.17) is 9.47 Å². The van der Waals surface area contributed by atoms with Crippen molar-refractivity contribution < 1.29 is 9.47 Å². The molecule has 7 heteroatoms. The number of hydrogen-bond donors (Lipinski definition) is 0. The molecule has 1 aliphatic rings. The van der Waals surface area contributed by atoms with E-state index in [1.165, 1.54) is 4.90 Å². The van der Waals surface area contributed by atoms with Crippen LogP contribution in [0.25, 0.3) is 0 Å². The normalized spacial score (nSPS) is 15.3. The first-order valence-electron chi connectivity index (χ1n) is 3.96. The third kappa shape index (κ3) is 2.63. The van der Waals surface area contributed by atoms with Gasteiger partial charge in [0.2, 0.25) is 0 Å². The van der Waals surface area contributed by atoms with Gasteiger partial charge in [0, 0.05) is 4.90 Å². The summed E-state index contributed by atoms with van der Waals surface area (Å²) in [4.78, 5) is 2.39. The highest BCUT2D eigenvalue weighted by Crippen LogP contribution is 2.62. The summed E-state index contributed by atoms with van der Waals surface area (Å²) in [6, 6.07) is 4.03. The molecular formula is C8H8O2S5. The van der Waals surface area contributed by atoms with Gasteiger partial charge in [-0.1, -0.05) is 0 Å². The summed E-state index contributed by atoms with van der Waals surface area (Å²) in [5.74, 6) is 1.63. The average molecular weight is 296 g/mol. The van der Waals surface area contributed by atoms with Crippen LogP contribution in [-0.4, -0.2) is 14.2 Å². The number of ether oxygens (including phenoxy) is 2. The van der Waals surface area contributed by atoms with Crippen LogP contribution in [0.3, 0.4) is 0 Å². The van der Waals surface area contributed by atoms with Crippen LogP contribution in [0.15, 0.2) is 21.9 Å². The molecule has 0 aliphatic carbocycles. The topological polar surface area (TPSA) is 18.5 Å². The van der Waals surface area contributed by atoms with Gasteiger partial charge in [-0.15, -0.1) is 0 Å². The van der Waals surface area contributed by atoms with E-state index in [1.54, 1.807) is 65.3 Å². The van der Waals surface area contributed by atoms with Gasteiger partial charge in [-0.25, -0.2) is 0 Å². The third-order valence-corrected chi connectivity index (χ3v) is 10.2. The average Bonchev–Trinajstić information content (AvgIpc) is 2.52. The molecule has 0 spiro atoms. The van der Waals surface area contributed by atoms with E-state index in [-0.39, 0.29) is 0 Å². The van der Waals surface area contributed by atoms with Crippen molar-refractivity contribution in [3.8, 4) is 11.5 Å². The van der Waals surface area contributed by atoms with E-state index in [2.05, 4.69) is 6.07 Å². The maximum Gasteiger partial charge on any atom is 0.176 e. The first-order valence-corrected chi connectivity index (χ1v) is 10.1. The fourth-order valence-corrected chi connectivity index (χ4v) is 10.1. The lowest BCUT2D eigenvalue weighted by Crippen LogP contribution is -1.92. The second kappa shape index (κ2) is 5.77. The van der Waals surface area contributed by atoms with Crippen LogP contribution in [0.4, 0.5) is 0 Å². The smallest absolute Gasteiger partial charge is 0.176 e. The molecule has 0 radical (unpaired) electrons. The van der Waals surface area contributed by atoms with E-state index in [1.807, 2.05) is 6.07 Å². The van der Waals surface area contributed by atoms with Crippen LogP contribution in [0.2, 0.25) is 0 Å². The monoisotopic (exact) mass is 296 g/mol. The fourth-order valence-electron chi connectivity index (χ4n) is 1.13. The van der Waals surface area contributed by atoms with Crippen molar-refractivity contribution in [1.29, 1.82) is 0 Å². The number of methoxy groups -OCH3 is 2. The van der Waals surface area contributed by atoms with Crippen molar-refractivity contribution in [3.05, 3.63) is 12.1 Å². The Labute approximate surface area is 108 Å². The van der Waals surface area contributed by atoms with Crippen molar-refractivity contribution in [2.45, 2.75) is 9.79 Å². The minimum absolute atomic E-state index is 0.793. The Kier molecular flexibility index (Phi) is 4.63. The van der Waals surface area contributed by atoms with Gasteiger partial charge in [0.05, 0.1) is 19.1 Å². The molecule has 1 heterocycles. The minimum Gasteiger partial charge on any atom is -0.493 e. The molecule has 0 fully saturated rings. The molecule has 0 bridgehead atoms. The van der Waals surface area contributed by atoms with Gasteiger partial charge < -0.3 is 9.47 Å². The second-order valence-corrected chi connectivity index (χ2v) is 9.99. The second-order valence-electron chi connectivity index (χ2n) is 2.50. The summed E-state index contributed by atoms with van der Waals surface area (Å²) in [6.07, 6.45) is 0. The molecule has 15 heavy (non-hydrogen) atoms. The zero-order valence-corrected chi connectivity index (χ0v) is 12.1. The maximum absolute atomic E-state index is 5.40. The molecule has 0 amide bonds. The highest BCUT2D eigenvalue weighted by atomic mass is 33.8. The summed E-state index contributed by atoms with van der Waals surface area (Å²) < 4.78 is 10.7. The molecule has 2 nitrogen and oxygen atoms in total. The molecule has 2 rings (SSSR count). The van der Waals surface area contributed by atoms with Crippen LogP contribution in [0.5, 0.6) is 11.5 Å². The molecule has 1 aromatic carbocycles. The Morgan fingerprint density at radius 1 is 0.933 bits per heavy atom. The largest absolute Gasteiger partial charge is 0.493 e. The van der Waals surface area contributed by atoms with Crippen LogP contribution in [0.1, 0.15) is 0 Å². The van der Waals surface area contributed by atoms with Crippen molar-refractivity contribution >= 4 is 51.1 Å². The Morgan fingerprint density at radius 2 is 1.73 bits per heavy atom. The summed E-state index contributed by atoms with van der Waals surface area (Å²) in [5.41, 5.74) is 0. The molecule has 82 valence electrons. The predicted molar refractivity (Wildman–Crippen MR) is 74.0 cm³/mol. The lowest BCUT2D eigenvalue weighted by Gasteiger charge is -2.12. The van der Waals surface area contributed by atoms with Crippen LogP contribution >= 0.6 is 51.1 Å². The number of benzene rings is 1. The van der Waals surface area contributed by atoms with Crippen LogP contribution in [0, 0.1) is 0 Å². The van der Waals surface area contributed by atoms with Gasteiger partial charge in [-0.2, -0.15) is 0 Å². The molecule has 1 aliphatic heterocycles. The summed E-state index contributed by atoms with van der Waals surface area (Å²) in [7, 11) is 12.1. The van der Waals surface area contributed by atoms with E-state index in [0.29, 0.717) is 0 Å².